The minimum atomic E-state index is -4.31. The molecule has 0 atom stereocenters. The quantitative estimate of drug-likeness (QED) is 0.522. The number of halogens is 3. The van der Waals surface area contributed by atoms with E-state index >= 15 is 0 Å². The molecule has 1 aliphatic rings. The van der Waals surface area contributed by atoms with Gasteiger partial charge >= 0.3 is 6.18 Å². The van der Waals surface area contributed by atoms with Gasteiger partial charge in [0.2, 0.25) is 0 Å². The number of likely N-dealkylation sites (tertiary alicyclic amines) is 1. The van der Waals surface area contributed by atoms with Gasteiger partial charge in [-0.05, 0) is 56.5 Å². The largest absolute Gasteiger partial charge is 0.416 e. The number of hydrogen-bond donors (Lipinski definition) is 1. The summed E-state index contributed by atoms with van der Waals surface area (Å²) in [5, 5.41) is 3.28. The third kappa shape index (κ3) is 7.85. The Morgan fingerprint density at radius 1 is 1.24 bits per heavy atom. The average molecular weight is 415 g/mol. The van der Waals surface area contributed by atoms with E-state index < -0.39 is 11.7 Å². The van der Waals surface area contributed by atoms with Crippen LogP contribution < -0.4 is 5.32 Å². The molecule has 5 nitrogen and oxygen atoms in total. The molecule has 164 valence electrons. The Balaban J connectivity index is 1.89. The fourth-order valence-corrected chi connectivity index (χ4v) is 3.45. The van der Waals surface area contributed by atoms with Gasteiger partial charge in [-0.25, -0.2) is 0 Å². The van der Waals surface area contributed by atoms with Crippen molar-refractivity contribution in [3.63, 3.8) is 0 Å². The molecule has 0 aliphatic carbocycles. The molecule has 0 aromatic heterocycles. The lowest BCUT2D eigenvalue weighted by Gasteiger charge is -2.31. The standard InChI is InChI=1S/C21H33F3N4O/c1-4-25-20(26-15-17-9-11-28(12-10-17)13-14-29-3)27(2)16-18-5-7-19(8-6-18)21(22,23)24/h5-8,17H,4,9-16H2,1-3H3,(H,25,26). The van der Waals surface area contributed by atoms with Crippen molar-refractivity contribution >= 4 is 5.96 Å². The summed E-state index contributed by atoms with van der Waals surface area (Å²) in [7, 11) is 3.64. The molecule has 1 fully saturated rings. The number of benzene rings is 1. The summed E-state index contributed by atoms with van der Waals surface area (Å²) >= 11 is 0. The first-order chi connectivity index (χ1) is 13.8. The summed E-state index contributed by atoms with van der Waals surface area (Å²) in [6.45, 7) is 7.90. The smallest absolute Gasteiger partial charge is 0.383 e. The molecule has 0 radical (unpaired) electrons. The molecular formula is C21H33F3N4O. The number of rotatable bonds is 8. The van der Waals surface area contributed by atoms with Crippen LogP contribution in [0.25, 0.3) is 0 Å². The Bertz CT molecular complexity index is 626. The number of nitrogens with zero attached hydrogens (tertiary/aromatic N) is 3. The first-order valence-corrected chi connectivity index (χ1v) is 10.2. The zero-order valence-electron chi connectivity index (χ0n) is 17.6. The molecule has 0 unspecified atom stereocenters. The van der Waals surface area contributed by atoms with Gasteiger partial charge < -0.3 is 19.9 Å². The Kier molecular flexibility index (Phi) is 9.23. The van der Waals surface area contributed by atoms with E-state index in [1.807, 2.05) is 18.9 Å². The van der Waals surface area contributed by atoms with Crippen LogP contribution in [0.1, 0.15) is 30.9 Å². The van der Waals surface area contributed by atoms with E-state index in [1.54, 1.807) is 7.11 Å². The second-order valence-corrected chi connectivity index (χ2v) is 7.52. The third-order valence-corrected chi connectivity index (χ3v) is 5.22. The first-order valence-electron chi connectivity index (χ1n) is 10.2. The maximum atomic E-state index is 12.7. The minimum absolute atomic E-state index is 0.499. The number of alkyl halides is 3. The molecule has 8 heteroatoms. The van der Waals surface area contributed by atoms with Crippen LogP contribution in [0.3, 0.4) is 0 Å². The number of aliphatic imine (C=N–C) groups is 1. The van der Waals surface area contributed by atoms with Crippen molar-refractivity contribution < 1.29 is 17.9 Å². The highest BCUT2D eigenvalue weighted by molar-refractivity contribution is 5.79. The van der Waals surface area contributed by atoms with E-state index in [1.165, 1.54) is 12.1 Å². The molecular weight excluding hydrogens is 381 g/mol. The van der Waals surface area contributed by atoms with E-state index in [-0.39, 0.29) is 0 Å². The van der Waals surface area contributed by atoms with E-state index in [2.05, 4.69) is 10.2 Å². The van der Waals surface area contributed by atoms with E-state index in [0.717, 1.165) is 75.8 Å². The minimum Gasteiger partial charge on any atom is -0.383 e. The van der Waals surface area contributed by atoms with Gasteiger partial charge in [0.15, 0.2) is 5.96 Å². The molecule has 0 amide bonds. The lowest BCUT2D eigenvalue weighted by Crippen LogP contribution is -2.40. The molecule has 0 saturated carbocycles. The predicted octanol–water partition coefficient (Wildman–Crippen LogP) is 3.46. The number of hydrogen-bond acceptors (Lipinski definition) is 3. The van der Waals surface area contributed by atoms with Gasteiger partial charge in [-0.15, -0.1) is 0 Å². The Morgan fingerprint density at radius 3 is 2.45 bits per heavy atom. The van der Waals surface area contributed by atoms with Crippen molar-refractivity contribution in [3.8, 4) is 0 Å². The maximum Gasteiger partial charge on any atom is 0.416 e. The molecule has 1 aromatic carbocycles. The monoisotopic (exact) mass is 414 g/mol. The molecule has 0 bridgehead atoms. The normalized spacial score (nSPS) is 16.8. The van der Waals surface area contributed by atoms with Gasteiger partial charge in [0.25, 0.3) is 0 Å². The molecule has 1 aliphatic heterocycles. The Morgan fingerprint density at radius 2 is 1.90 bits per heavy atom. The Labute approximate surface area is 171 Å². The molecule has 1 N–H and O–H groups in total. The van der Waals surface area contributed by atoms with Crippen molar-refractivity contribution in [2.24, 2.45) is 10.9 Å². The number of nitrogens with one attached hydrogen (secondary N) is 1. The summed E-state index contributed by atoms with van der Waals surface area (Å²) in [6.07, 6.45) is -2.07. The summed E-state index contributed by atoms with van der Waals surface area (Å²) in [6, 6.07) is 5.31. The Hall–Kier alpha value is -1.80. The van der Waals surface area contributed by atoms with Gasteiger partial charge in [0, 0.05) is 40.3 Å². The van der Waals surface area contributed by atoms with Crippen LogP contribution >= 0.6 is 0 Å². The summed E-state index contributed by atoms with van der Waals surface area (Å²) in [5.41, 5.74) is 0.193. The van der Waals surface area contributed by atoms with Crippen LogP contribution in [0.15, 0.2) is 29.3 Å². The number of ether oxygens (including phenoxy) is 1. The second kappa shape index (κ2) is 11.4. The highest BCUT2D eigenvalue weighted by atomic mass is 19.4. The zero-order valence-corrected chi connectivity index (χ0v) is 17.6. The van der Waals surface area contributed by atoms with Crippen LogP contribution in [-0.4, -0.2) is 69.2 Å². The van der Waals surface area contributed by atoms with Crippen LogP contribution in [-0.2, 0) is 17.5 Å². The summed E-state index contributed by atoms with van der Waals surface area (Å²) in [4.78, 5) is 9.17. The van der Waals surface area contributed by atoms with E-state index in [9.17, 15) is 13.2 Å². The fourth-order valence-electron chi connectivity index (χ4n) is 3.45. The summed E-state index contributed by atoms with van der Waals surface area (Å²) in [5.74, 6) is 1.34. The second-order valence-electron chi connectivity index (χ2n) is 7.52. The van der Waals surface area contributed by atoms with Crippen molar-refractivity contribution in [1.29, 1.82) is 0 Å². The van der Waals surface area contributed by atoms with Gasteiger partial charge in [-0.1, -0.05) is 12.1 Å². The fraction of sp³-hybridized carbons (Fsp3) is 0.667. The van der Waals surface area contributed by atoms with Crippen LogP contribution in [0.4, 0.5) is 13.2 Å². The average Bonchev–Trinajstić information content (AvgIpc) is 2.70. The number of methoxy groups -OCH3 is 1. The van der Waals surface area contributed by atoms with Crippen molar-refractivity contribution in [2.45, 2.75) is 32.5 Å². The highest BCUT2D eigenvalue weighted by Crippen LogP contribution is 2.29. The zero-order chi connectivity index (χ0) is 21.3. The lowest BCUT2D eigenvalue weighted by atomic mass is 9.97. The molecule has 0 spiro atoms. The predicted molar refractivity (Wildman–Crippen MR) is 110 cm³/mol. The first kappa shape index (κ1) is 23.5. The van der Waals surface area contributed by atoms with Crippen molar-refractivity contribution in [1.82, 2.24) is 15.1 Å². The van der Waals surface area contributed by atoms with Gasteiger partial charge in [-0.3, -0.25) is 4.99 Å². The van der Waals surface area contributed by atoms with Gasteiger partial charge in [-0.2, -0.15) is 13.2 Å². The van der Waals surface area contributed by atoms with Crippen LogP contribution in [0.2, 0.25) is 0 Å². The molecule has 1 saturated heterocycles. The van der Waals surface area contributed by atoms with Gasteiger partial charge in [0.1, 0.15) is 0 Å². The van der Waals surface area contributed by atoms with E-state index in [4.69, 9.17) is 9.73 Å². The van der Waals surface area contributed by atoms with E-state index in [0.29, 0.717) is 12.5 Å². The molecule has 1 aromatic rings. The summed E-state index contributed by atoms with van der Waals surface area (Å²) < 4.78 is 43.3. The number of piperidine rings is 1. The van der Waals surface area contributed by atoms with Crippen molar-refractivity contribution in [2.75, 3.05) is 53.5 Å². The topological polar surface area (TPSA) is 40.1 Å². The molecule has 2 rings (SSSR count). The van der Waals surface area contributed by atoms with Gasteiger partial charge in [0.05, 0.1) is 12.2 Å². The highest BCUT2D eigenvalue weighted by Gasteiger charge is 2.30. The molecule has 29 heavy (non-hydrogen) atoms. The van der Waals surface area contributed by atoms with Crippen LogP contribution in [0.5, 0.6) is 0 Å². The SMILES string of the molecule is CCNC(=NCC1CCN(CCOC)CC1)N(C)Cc1ccc(C(F)(F)F)cc1. The van der Waals surface area contributed by atoms with Crippen LogP contribution in [0, 0.1) is 5.92 Å². The van der Waals surface area contributed by atoms with Crippen molar-refractivity contribution in [3.05, 3.63) is 35.4 Å². The molecule has 1 heterocycles. The third-order valence-electron chi connectivity index (χ3n) is 5.22. The number of guanidine groups is 1. The lowest BCUT2D eigenvalue weighted by molar-refractivity contribution is -0.137. The maximum absolute atomic E-state index is 12.7.